The number of halogens is 4. The zero-order chi connectivity index (χ0) is 12.8. The maximum atomic E-state index is 13.4. The molecule has 1 aromatic carbocycles. The molecule has 0 aromatic heterocycles. The van der Waals surface area contributed by atoms with Crippen molar-refractivity contribution in [3.8, 4) is 5.75 Å². The molecule has 17 heavy (non-hydrogen) atoms. The van der Waals surface area contributed by atoms with Gasteiger partial charge in [-0.1, -0.05) is 41.4 Å². The molecule has 0 spiro atoms. The zero-order valence-electron chi connectivity index (χ0n) is 9.44. The monoisotopic (exact) mass is 384 g/mol. The van der Waals surface area contributed by atoms with Crippen molar-refractivity contribution < 1.29 is 9.13 Å². The molecule has 1 saturated carbocycles. The van der Waals surface area contributed by atoms with Crippen LogP contribution in [0, 0.1) is 11.2 Å². The summed E-state index contributed by atoms with van der Waals surface area (Å²) in [6.07, 6.45) is 1.01. The summed E-state index contributed by atoms with van der Waals surface area (Å²) in [6, 6.07) is 2.84. The summed E-state index contributed by atoms with van der Waals surface area (Å²) < 4.78 is 19.9. The van der Waals surface area contributed by atoms with Crippen LogP contribution in [0.1, 0.15) is 20.3 Å². The molecule has 1 fully saturated rings. The smallest absolute Gasteiger partial charge is 0.145 e. The van der Waals surface area contributed by atoms with E-state index in [-0.39, 0.29) is 16.5 Å². The van der Waals surface area contributed by atoms with Gasteiger partial charge < -0.3 is 4.74 Å². The second-order valence-corrected chi connectivity index (χ2v) is 7.19. The van der Waals surface area contributed by atoms with Crippen LogP contribution in [0.5, 0.6) is 5.75 Å². The first-order valence-corrected chi connectivity index (χ1v) is 7.36. The third kappa shape index (κ3) is 2.49. The predicted octanol–water partition coefficient (Wildman–Crippen LogP) is 5.18. The van der Waals surface area contributed by atoms with Crippen LogP contribution in [0.3, 0.4) is 0 Å². The lowest BCUT2D eigenvalue weighted by atomic mass is 9.69. The Bertz CT molecular complexity index is 450. The van der Waals surface area contributed by atoms with Gasteiger partial charge in [0.2, 0.25) is 0 Å². The average molecular weight is 386 g/mol. The third-order valence-corrected chi connectivity index (χ3v) is 5.77. The van der Waals surface area contributed by atoms with Crippen molar-refractivity contribution in [2.75, 3.05) is 0 Å². The van der Waals surface area contributed by atoms with Gasteiger partial charge in [0, 0.05) is 16.3 Å². The SMILES string of the molecule is CC1(C)C(Br)CC1Oc1cc(F)c(Cl)cc1Br. The molecule has 2 rings (SSSR count). The number of rotatable bonds is 2. The Kier molecular flexibility index (Phi) is 3.77. The highest BCUT2D eigenvalue weighted by molar-refractivity contribution is 9.10. The molecule has 1 nitrogen and oxygen atoms in total. The Morgan fingerprint density at radius 3 is 2.65 bits per heavy atom. The fourth-order valence-corrected chi connectivity index (χ4v) is 3.15. The summed E-state index contributed by atoms with van der Waals surface area (Å²) in [6.45, 7) is 4.25. The van der Waals surface area contributed by atoms with Gasteiger partial charge in [0.15, 0.2) is 0 Å². The minimum absolute atomic E-state index is 0.0511. The molecular weight excluding hydrogens is 374 g/mol. The van der Waals surface area contributed by atoms with Gasteiger partial charge in [-0.15, -0.1) is 0 Å². The van der Waals surface area contributed by atoms with E-state index in [9.17, 15) is 4.39 Å². The first-order valence-electron chi connectivity index (χ1n) is 5.27. The minimum atomic E-state index is -0.461. The van der Waals surface area contributed by atoms with Gasteiger partial charge in [-0.25, -0.2) is 4.39 Å². The Labute approximate surface area is 122 Å². The number of hydrogen-bond acceptors (Lipinski definition) is 1. The molecule has 0 radical (unpaired) electrons. The van der Waals surface area contributed by atoms with E-state index in [1.54, 1.807) is 0 Å². The van der Waals surface area contributed by atoms with Crippen molar-refractivity contribution in [1.29, 1.82) is 0 Å². The molecule has 2 atom stereocenters. The fraction of sp³-hybridized carbons (Fsp3) is 0.500. The predicted molar refractivity (Wildman–Crippen MR) is 74.6 cm³/mol. The molecule has 0 bridgehead atoms. The fourth-order valence-electron chi connectivity index (χ4n) is 1.78. The van der Waals surface area contributed by atoms with E-state index in [2.05, 4.69) is 45.7 Å². The zero-order valence-corrected chi connectivity index (χ0v) is 13.4. The standard InChI is InChI=1S/C12H12Br2ClFO/c1-12(2)10(14)5-11(12)17-9-4-8(16)7(15)3-6(9)13/h3-4,10-11H,5H2,1-2H3. The van der Waals surface area contributed by atoms with Crippen molar-refractivity contribution in [2.45, 2.75) is 31.2 Å². The molecule has 1 aliphatic rings. The molecule has 1 aromatic rings. The quantitative estimate of drug-likeness (QED) is 0.503. The molecular formula is C12H12Br2ClFO. The first kappa shape index (κ1) is 13.6. The van der Waals surface area contributed by atoms with E-state index in [0.29, 0.717) is 15.0 Å². The molecule has 0 amide bonds. The van der Waals surface area contributed by atoms with Crippen LogP contribution >= 0.6 is 43.5 Å². The summed E-state index contributed by atoms with van der Waals surface area (Å²) in [5.41, 5.74) is 0.0511. The minimum Gasteiger partial charge on any atom is -0.488 e. The lowest BCUT2D eigenvalue weighted by Gasteiger charge is -2.48. The van der Waals surface area contributed by atoms with Crippen LogP contribution in [0.4, 0.5) is 4.39 Å². The van der Waals surface area contributed by atoms with Gasteiger partial charge in [0.05, 0.1) is 9.50 Å². The molecule has 0 heterocycles. The summed E-state index contributed by atoms with van der Waals surface area (Å²) in [7, 11) is 0. The highest BCUT2D eigenvalue weighted by atomic mass is 79.9. The molecule has 2 unspecified atom stereocenters. The largest absolute Gasteiger partial charge is 0.488 e. The molecule has 0 N–H and O–H groups in total. The number of alkyl halides is 1. The second-order valence-electron chi connectivity index (χ2n) is 4.83. The van der Waals surface area contributed by atoms with Gasteiger partial charge in [-0.3, -0.25) is 0 Å². The number of hydrogen-bond donors (Lipinski definition) is 0. The van der Waals surface area contributed by atoms with Crippen LogP contribution < -0.4 is 4.74 Å². The second kappa shape index (κ2) is 4.71. The van der Waals surface area contributed by atoms with Crippen LogP contribution in [0.25, 0.3) is 0 Å². The third-order valence-electron chi connectivity index (χ3n) is 3.30. The molecule has 0 aliphatic heterocycles. The maximum absolute atomic E-state index is 13.4. The van der Waals surface area contributed by atoms with Crippen molar-refractivity contribution >= 4 is 43.5 Å². The van der Waals surface area contributed by atoms with Crippen molar-refractivity contribution in [1.82, 2.24) is 0 Å². The summed E-state index contributed by atoms with van der Waals surface area (Å²) in [4.78, 5) is 0.441. The van der Waals surface area contributed by atoms with Gasteiger partial charge in [0.1, 0.15) is 17.7 Å². The average Bonchev–Trinajstić information content (AvgIpc) is 2.25. The Hall–Kier alpha value is 0.200. The van der Waals surface area contributed by atoms with Gasteiger partial charge >= 0.3 is 0 Å². The van der Waals surface area contributed by atoms with Gasteiger partial charge in [-0.05, 0) is 28.4 Å². The highest BCUT2D eigenvalue weighted by Crippen LogP contribution is 2.48. The molecule has 0 saturated heterocycles. The molecule has 94 valence electrons. The van der Waals surface area contributed by atoms with Crippen LogP contribution in [-0.4, -0.2) is 10.9 Å². The van der Waals surface area contributed by atoms with E-state index in [0.717, 1.165) is 6.42 Å². The number of ether oxygens (including phenoxy) is 1. The lowest BCUT2D eigenvalue weighted by Crippen LogP contribution is -2.53. The molecule has 1 aliphatic carbocycles. The Balaban J connectivity index is 2.18. The maximum Gasteiger partial charge on any atom is 0.145 e. The first-order chi connectivity index (χ1) is 7.82. The van der Waals surface area contributed by atoms with E-state index in [1.165, 1.54) is 12.1 Å². The summed E-state index contributed by atoms with van der Waals surface area (Å²) >= 11 is 12.6. The van der Waals surface area contributed by atoms with E-state index >= 15 is 0 Å². The normalized spacial score (nSPS) is 26.5. The van der Waals surface area contributed by atoms with E-state index in [1.807, 2.05) is 0 Å². The Morgan fingerprint density at radius 2 is 2.12 bits per heavy atom. The van der Waals surface area contributed by atoms with E-state index < -0.39 is 5.82 Å². The van der Waals surface area contributed by atoms with Gasteiger partial charge in [0.25, 0.3) is 0 Å². The summed E-state index contributed by atoms with van der Waals surface area (Å²) in [5.74, 6) is 0.0433. The lowest BCUT2D eigenvalue weighted by molar-refractivity contribution is -0.00846. The number of benzene rings is 1. The summed E-state index contributed by atoms with van der Waals surface area (Å²) in [5, 5.41) is 0.0930. The molecule has 5 heteroatoms. The van der Waals surface area contributed by atoms with Crippen LogP contribution in [-0.2, 0) is 0 Å². The van der Waals surface area contributed by atoms with Crippen molar-refractivity contribution in [3.05, 3.63) is 27.4 Å². The van der Waals surface area contributed by atoms with Crippen molar-refractivity contribution in [2.24, 2.45) is 5.41 Å². The van der Waals surface area contributed by atoms with Crippen LogP contribution in [0.2, 0.25) is 5.02 Å². The van der Waals surface area contributed by atoms with E-state index in [4.69, 9.17) is 16.3 Å². The Morgan fingerprint density at radius 1 is 1.47 bits per heavy atom. The van der Waals surface area contributed by atoms with Gasteiger partial charge in [-0.2, -0.15) is 0 Å². The van der Waals surface area contributed by atoms with Crippen LogP contribution in [0.15, 0.2) is 16.6 Å². The van der Waals surface area contributed by atoms with Crippen molar-refractivity contribution in [3.63, 3.8) is 0 Å². The highest BCUT2D eigenvalue weighted by Gasteiger charge is 2.48. The topological polar surface area (TPSA) is 9.23 Å².